The van der Waals surface area contributed by atoms with Gasteiger partial charge in [-0.25, -0.2) is 0 Å². The lowest BCUT2D eigenvalue weighted by Gasteiger charge is -2.29. The van der Waals surface area contributed by atoms with E-state index in [0.29, 0.717) is 5.91 Å². The van der Waals surface area contributed by atoms with E-state index in [1.54, 1.807) is 0 Å². The second-order valence-electron chi connectivity index (χ2n) is 5.68. The van der Waals surface area contributed by atoms with Gasteiger partial charge in [0, 0.05) is 31.0 Å². The molecule has 4 nitrogen and oxygen atoms in total. The Labute approximate surface area is 102 Å². The molecule has 1 N–H and O–H groups in total. The minimum Gasteiger partial charge on any atom is -0.351 e. The molecular weight excluding hydrogens is 216 g/mol. The predicted octanol–water partition coefficient (Wildman–Crippen LogP) is 0.914. The molecule has 0 aromatic rings. The van der Waals surface area contributed by atoms with Crippen LogP contribution in [0.2, 0.25) is 0 Å². The van der Waals surface area contributed by atoms with Crippen molar-refractivity contribution in [1.82, 2.24) is 10.2 Å². The summed E-state index contributed by atoms with van der Waals surface area (Å²) in [6.07, 6.45) is 6.35. The van der Waals surface area contributed by atoms with Gasteiger partial charge < -0.3 is 10.2 Å². The van der Waals surface area contributed by atoms with Crippen molar-refractivity contribution in [3.8, 4) is 0 Å². The lowest BCUT2D eigenvalue weighted by molar-refractivity contribution is -0.137. The van der Waals surface area contributed by atoms with Crippen LogP contribution in [0.3, 0.4) is 0 Å². The summed E-state index contributed by atoms with van der Waals surface area (Å²) in [7, 11) is 0. The molecule has 2 amide bonds. The van der Waals surface area contributed by atoms with E-state index < -0.39 is 0 Å². The van der Waals surface area contributed by atoms with Gasteiger partial charge >= 0.3 is 0 Å². The van der Waals surface area contributed by atoms with Gasteiger partial charge in [0.25, 0.3) is 0 Å². The molecule has 0 aromatic carbocycles. The molecule has 1 unspecified atom stereocenters. The first-order valence-electron chi connectivity index (χ1n) is 6.83. The number of likely N-dealkylation sites (tertiary alicyclic amines) is 1. The van der Waals surface area contributed by atoms with Crippen LogP contribution >= 0.6 is 0 Å². The Bertz CT molecular complexity index is 334. The Morgan fingerprint density at radius 2 is 1.76 bits per heavy atom. The van der Waals surface area contributed by atoms with Gasteiger partial charge in [0.15, 0.2) is 0 Å². The average Bonchev–Trinajstić information content (AvgIpc) is 2.97. The van der Waals surface area contributed by atoms with Crippen LogP contribution in [0.25, 0.3) is 0 Å². The molecule has 1 atom stereocenters. The highest BCUT2D eigenvalue weighted by molar-refractivity contribution is 5.82. The van der Waals surface area contributed by atoms with Gasteiger partial charge in [0.1, 0.15) is 0 Å². The molecule has 3 rings (SSSR count). The van der Waals surface area contributed by atoms with E-state index in [2.05, 4.69) is 5.32 Å². The van der Waals surface area contributed by atoms with Crippen molar-refractivity contribution < 1.29 is 9.59 Å². The van der Waals surface area contributed by atoms with E-state index in [0.717, 1.165) is 45.2 Å². The smallest absolute Gasteiger partial charge is 0.225 e. The van der Waals surface area contributed by atoms with Crippen LogP contribution in [0.1, 0.15) is 38.5 Å². The largest absolute Gasteiger partial charge is 0.351 e. The van der Waals surface area contributed by atoms with Gasteiger partial charge in [0.2, 0.25) is 11.8 Å². The number of carbonyl (C=O) groups excluding carboxylic acids is 2. The molecule has 2 aliphatic carbocycles. The molecule has 0 radical (unpaired) electrons. The molecule has 3 fully saturated rings. The topological polar surface area (TPSA) is 49.4 Å². The monoisotopic (exact) mass is 236 g/mol. The standard InChI is InChI=1S/C13H20N2O2/c16-12(9-4-5-9)14-11-6-7-15(8-11)13(17)10-2-1-3-10/h9-11H,1-8H2,(H,14,16). The number of nitrogens with zero attached hydrogens (tertiary/aromatic N) is 1. The van der Waals surface area contributed by atoms with Crippen molar-refractivity contribution in [3.05, 3.63) is 0 Å². The molecule has 0 aromatic heterocycles. The van der Waals surface area contributed by atoms with Crippen LogP contribution in [-0.2, 0) is 9.59 Å². The predicted molar refractivity (Wildman–Crippen MR) is 63.2 cm³/mol. The number of hydrogen-bond donors (Lipinski definition) is 1. The minimum absolute atomic E-state index is 0.201. The maximum absolute atomic E-state index is 12.0. The third kappa shape index (κ3) is 2.31. The molecule has 0 bridgehead atoms. The Kier molecular flexibility index (Phi) is 2.81. The van der Waals surface area contributed by atoms with Crippen LogP contribution in [-0.4, -0.2) is 35.8 Å². The molecule has 2 saturated carbocycles. The lowest BCUT2D eigenvalue weighted by atomic mass is 9.84. The quantitative estimate of drug-likeness (QED) is 0.792. The fraction of sp³-hybridized carbons (Fsp3) is 0.846. The molecule has 94 valence electrons. The van der Waals surface area contributed by atoms with Crippen LogP contribution in [0.4, 0.5) is 0 Å². The van der Waals surface area contributed by atoms with E-state index in [1.165, 1.54) is 6.42 Å². The average molecular weight is 236 g/mol. The highest BCUT2D eigenvalue weighted by atomic mass is 16.2. The second-order valence-corrected chi connectivity index (χ2v) is 5.68. The zero-order valence-electron chi connectivity index (χ0n) is 10.2. The third-order valence-corrected chi connectivity index (χ3v) is 4.25. The summed E-state index contributed by atoms with van der Waals surface area (Å²) in [4.78, 5) is 25.6. The maximum atomic E-state index is 12.0. The van der Waals surface area contributed by atoms with Crippen molar-refractivity contribution in [1.29, 1.82) is 0 Å². The second kappa shape index (κ2) is 4.31. The Balaban J connectivity index is 1.47. The molecule has 1 heterocycles. The van der Waals surface area contributed by atoms with Gasteiger partial charge in [0.05, 0.1) is 0 Å². The third-order valence-electron chi connectivity index (χ3n) is 4.25. The van der Waals surface area contributed by atoms with Crippen LogP contribution < -0.4 is 5.32 Å². The van der Waals surface area contributed by atoms with E-state index in [-0.39, 0.29) is 23.8 Å². The Morgan fingerprint density at radius 1 is 1.00 bits per heavy atom. The summed E-state index contributed by atoms with van der Waals surface area (Å²) in [5.74, 6) is 1.08. The molecule has 3 aliphatic rings. The van der Waals surface area contributed by atoms with Crippen molar-refractivity contribution in [3.63, 3.8) is 0 Å². The molecule has 1 aliphatic heterocycles. The zero-order valence-corrected chi connectivity index (χ0v) is 10.2. The van der Waals surface area contributed by atoms with E-state index in [4.69, 9.17) is 0 Å². The Morgan fingerprint density at radius 3 is 2.35 bits per heavy atom. The Hall–Kier alpha value is -1.06. The fourth-order valence-electron chi connectivity index (χ4n) is 2.66. The number of carbonyl (C=O) groups is 2. The summed E-state index contributed by atoms with van der Waals surface area (Å²) < 4.78 is 0. The van der Waals surface area contributed by atoms with Crippen molar-refractivity contribution in [2.24, 2.45) is 11.8 Å². The van der Waals surface area contributed by atoms with Gasteiger partial charge in [-0.05, 0) is 32.1 Å². The molecular formula is C13H20N2O2. The van der Waals surface area contributed by atoms with E-state index in [1.807, 2.05) is 4.90 Å². The normalized spacial score (nSPS) is 28.9. The number of nitrogens with one attached hydrogen (secondary N) is 1. The molecule has 1 saturated heterocycles. The fourth-order valence-corrected chi connectivity index (χ4v) is 2.66. The van der Waals surface area contributed by atoms with E-state index in [9.17, 15) is 9.59 Å². The number of rotatable bonds is 3. The van der Waals surface area contributed by atoms with Gasteiger partial charge in [-0.15, -0.1) is 0 Å². The van der Waals surface area contributed by atoms with Crippen molar-refractivity contribution in [2.75, 3.05) is 13.1 Å². The summed E-state index contributed by atoms with van der Waals surface area (Å²) >= 11 is 0. The maximum Gasteiger partial charge on any atom is 0.225 e. The first-order valence-corrected chi connectivity index (χ1v) is 6.83. The summed E-state index contributed by atoms with van der Waals surface area (Å²) in [6.45, 7) is 1.55. The van der Waals surface area contributed by atoms with Crippen molar-refractivity contribution in [2.45, 2.75) is 44.6 Å². The first kappa shape index (κ1) is 11.1. The number of amides is 2. The highest BCUT2D eigenvalue weighted by Gasteiger charge is 2.36. The zero-order chi connectivity index (χ0) is 11.8. The van der Waals surface area contributed by atoms with E-state index >= 15 is 0 Å². The SMILES string of the molecule is O=C(NC1CCN(C(=O)C2CCC2)C1)C1CC1. The van der Waals surface area contributed by atoms with Crippen LogP contribution in [0.5, 0.6) is 0 Å². The van der Waals surface area contributed by atoms with Crippen molar-refractivity contribution >= 4 is 11.8 Å². The number of hydrogen-bond acceptors (Lipinski definition) is 2. The minimum atomic E-state index is 0.201. The molecule has 0 spiro atoms. The summed E-state index contributed by atoms with van der Waals surface area (Å²) in [5.41, 5.74) is 0. The molecule has 17 heavy (non-hydrogen) atoms. The lowest BCUT2D eigenvalue weighted by Crippen LogP contribution is -2.41. The van der Waals surface area contributed by atoms with Gasteiger partial charge in [-0.1, -0.05) is 6.42 Å². The summed E-state index contributed by atoms with van der Waals surface area (Å²) in [6, 6.07) is 0.201. The first-order chi connectivity index (χ1) is 8.24. The van der Waals surface area contributed by atoms with Crippen LogP contribution in [0, 0.1) is 11.8 Å². The molecule has 4 heteroatoms. The summed E-state index contributed by atoms with van der Waals surface area (Å²) in [5, 5.41) is 3.07. The van der Waals surface area contributed by atoms with Crippen LogP contribution in [0.15, 0.2) is 0 Å². The highest BCUT2D eigenvalue weighted by Crippen LogP contribution is 2.31. The van der Waals surface area contributed by atoms with Gasteiger partial charge in [-0.2, -0.15) is 0 Å². The van der Waals surface area contributed by atoms with Gasteiger partial charge in [-0.3, -0.25) is 9.59 Å².